The van der Waals surface area contributed by atoms with Gasteiger partial charge in [-0.05, 0) is 50.8 Å². The second-order valence-electron chi connectivity index (χ2n) is 6.60. The van der Waals surface area contributed by atoms with Crippen molar-refractivity contribution in [1.29, 1.82) is 0 Å². The van der Waals surface area contributed by atoms with Gasteiger partial charge in [-0.3, -0.25) is 14.7 Å². The molecule has 0 unspecified atom stereocenters. The van der Waals surface area contributed by atoms with Gasteiger partial charge in [0.15, 0.2) is 0 Å². The summed E-state index contributed by atoms with van der Waals surface area (Å²) in [5.41, 5.74) is 5.58. The van der Waals surface area contributed by atoms with E-state index in [0.29, 0.717) is 6.67 Å². The fourth-order valence-electron chi connectivity index (χ4n) is 3.25. The van der Waals surface area contributed by atoms with Crippen LogP contribution in [0.2, 0.25) is 0 Å². The van der Waals surface area contributed by atoms with Crippen molar-refractivity contribution in [3.63, 3.8) is 0 Å². The maximum atomic E-state index is 12.3. The van der Waals surface area contributed by atoms with Gasteiger partial charge >= 0.3 is 0 Å². The van der Waals surface area contributed by atoms with Gasteiger partial charge in [-0.1, -0.05) is 29.3 Å². The van der Waals surface area contributed by atoms with Crippen LogP contribution in [-0.4, -0.2) is 36.3 Å². The van der Waals surface area contributed by atoms with Gasteiger partial charge < -0.3 is 5.32 Å². The van der Waals surface area contributed by atoms with Crippen molar-refractivity contribution in [2.24, 2.45) is 4.99 Å². The number of rotatable bonds is 4. The van der Waals surface area contributed by atoms with E-state index in [2.05, 4.69) is 33.4 Å². The van der Waals surface area contributed by atoms with Gasteiger partial charge in [0.2, 0.25) is 0 Å². The van der Waals surface area contributed by atoms with Gasteiger partial charge in [-0.2, -0.15) is 0 Å². The van der Waals surface area contributed by atoms with Crippen molar-refractivity contribution in [3.05, 3.63) is 58.8 Å². The lowest BCUT2D eigenvalue weighted by Gasteiger charge is -2.27. The molecule has 2 heterocycles. The van der Waals surface area contributed by atoms with Crippen LogP contribution in [0, 0.1) is 13.8 Å². The summed E-state index contributed by atoms with van der Waals surface area (Å²) in [5.74, 6) is -0.00151. The number of nitrogens with one attached hydrogen (secondary N) is 1. The minimum Gasteiger partial charge on any atom is -0.339 e. The first-order chi connectivity index (χ1) is 11.6. The van der Waals surface area contributed by atoms with E-state index in [4.69, 9.17) is 0 Å². The fraction of sp³-hybridized carbons (Fsp3) is 0.400. The molecule has 0 saturated carbocycles. The molecule has 0 fully saturated rings. The fourth-order valence-corrected chi connectivity index (χ4v) is 3.25. The molecule has 0 radical (unpaired) electrons. The van der Waals surface area contributed by atoms with Crippen molar-refractivity contribution in [2.75, 3.05) is 19.8 Å². The van der Waals surface area contributed by atoms with E-state index in [1.165, 1.54) is 11.3 Å². The SMILES string of the molecule is Cc1cc(C)cc(C(=O)NCN2CC=C(C3=NC=CCC3)CC2)c1. The highest BCUT2D eigenvalue weighted by Crippen LogP contribution is 2.17. The zero-order chi connectivity index (χ0) is 16.9. The summed E-state index contributed by atoms with van der Waals surface area (Å²) in [6, 6.07) is 5.95. The van der Waals surface area contributed by atoms with Crippen molar-refractivity contribution in [1.82, 2.24) is 10.2 Å². The van der Waals surface area contributed by atoms with E-state index >= 15 is 0 Å². The summed E-state index contributed by atoms with van der Waals surface area (Å²) in [6.45, 7) is 6.45. The van der Waals surface area contributed by atoms with Gasteiger partial charge in [-0.25, -0.2) is 0 Å². The van der Waals surface area contributed by atoms with Crippen LogP contribution in [-0.2, 0) is 0 Å². The maximum absolute atomic E-state index is 12.3. The zero-order valence-electron chi connectivity index (χ0n) is 14.5. The minimum absolute atomic E-state index is 0.00151. The Morgan fingerprint density at radius 3 is 2.62 bits per heavy atom. The summed E-state index contributed by atoms with van der Waals surface area (Å²) in [7, 11) is 0. The Kier molecular flexibility index (Phi) is 5.26. The van der Waals surface area contributed by atoms with Crippen LogP contribution >= 0.6 is 0 Å². The summed E-state index contributed by atoms with van der Waals surface area (Å²) >= 11 is 0. The Morgan fingerprint density at radius 2 is 2.00 bits per heavy atom. The molecule has 0 bridgehead atoms. The molecular weight excluding hydrogens is 298 g/mol. The lowest BCUT2D eigenvalue weighted by molar-refractivity contribution is 0.0925. The zero-order valence-corrected chi connectivity index (χ0v) is 14.5. The predicted molar refractivity (Wildman–Crippen MR) is 98.3 cm³/mol. The Labute approximate surface area is 144 Å². The topological polar surface area (TPSA) is 44.7 Å². The van der Waals surface area contributed by atoms with Gasteiger partial charge in [0.1, 0.15) is 0 Å². The third kappa shape index (κ3) is 4.20. The van der Waals surface area contributed by atoms with E-state index in [-0.39, 0.29) is 5.91 Å². The third-order valence-electron chi connectivity index (χ3n) is 4.49. The number of benzene rings is 1. The molecule has 1 aromatic carbocycles. The highest BCUT2D eigenvalue weighted by Gasteiger charge is 2.16. The molecule has 0 aromatic heterocycles. The number of amides is 1. The molecule has 1 aromatic rings. The van der Waals surface area contributed by atoms with E-state index in [1.54, 1.807) is 0 Å². The average molecular weight is 323 g/mol. The van der Waals surface area contributed by atoms with Gasteiger partial charge in [-0.15, -0.1) is 0 Å². The summed E-state index contributed by atoms with van der Waals surface area (Å²) in [6.07, 6.45) is 9.42. The van der Waals surface area contributed by atoms with Crippen LogP contribution in [0.25, 0.3) is 0 Å². The largest absolute Gasteiger partial charge is 0.339 e. The van der Waals surface area contributed by atoms with Crippen molar-refractivity contribution < 1.29 is 4.79 Å². The molecule has 4 heteroatoms. The minimum atomic E-state index is -0.00151. The maximum Gasteiger partial charge on any atom is 0.252 e. The lowest BCUT2D eigenvalue weighted by Crippen LogP contribution is -2.40. The molecule has 4 nitrogen and oxygen atoms in total. The Morgan fingerprint density at radius 1 is 1.21 bits per heavy atom. The van der Waals surface area contributed by atoms with E-state index in [0.717, 1.165) is 49.0 Å². The highest BCUT2D eigenvalue weighted by atomic mass is 16.1. The highest BCUT2D eigenvalue weighted by molar-refractivity contribution is 6.01. The molecule has 3 rings (SSSR count). The summed E-state index contributed by atoms with van der Waals surface area (Å²) < 4.78 is 0. The van der Waals surface area contributed by atoms with Crippen molar-refractivity contribution in [2.45, 2.75) is 33.1 Å². The lowest BCUT2D eigenvalue weighted by atomic mass is 9.98. The number of hydrogen-bond acceptors (Lipinski definition) is 3. The molecule has 0 aliphatic carbocycles. The number of aliphatic imine (C=N–C) groups is 1. The number of carbonyl (C=O) groups is 1. The summed E-state index contributed by atoms with van der Waals surface area (Å²) in [5, 5.41) is 3.03. The molecule has 0 atom stereocenters. The molecule has 1 amide bonds. The molecule has 1 N–H and O–H groups in total. The van der Waals surface area contributed by atoms with Crippen molar-refractivity contribution >= 4 is 11.6 Å². The van der Waals surface area contributed by atoms with Crippen LogP contribution in [0.3, 0.4) is 0 Å². The van der Waals surface area contributed by atoms with E-state index in [9.17, 15) is 4.79 Å². The predicted octanol–water partition coefficient (Wildman–Crippen LogP) is 3.37. The molecule has 0 spiro atoms. The molecular formula is C20H25N3O. The first kappa shape index (κ1) is 16.7. The van der Waals surface area contributed by atoms with E-state index < -0.39 is 0 Å². The Bertz CT molecular complexity index is 695. The van der Waals surface area contributed by atoms with Gasteiger partial charge in [0.05, 0.1) is 6.67 Å². The van der Waals surface area contributed by atoms with Crippen LogP contribution in [0.5, 0.6) is 0 Å². The number of allylic oxidation sites excluding steroid dienone is 1. The first-order valence-corrected chi connectivity index (χ1v) is 8.62. The van der Waals surface area contributed by atoms with Gasteiger partial charge in [0, 0.05) is 30.6 Å². The molecule has 0 saturated heterocycles. The number of hydrogen-bond donors (Lipinski definition) is 1. The van der Waals surface area contributed by atoms with Gasteiger partial charge in [0.25, 0.3) is 5.91 Å². The van der Waals surface area contributed by atoms with Crippen molar-refractivity contribution in [3.8, 4) is 0 Å². The summed E-state index contributed by atoms with van der Waals surface area (Å²) in [4.78, 5) is 19.1. The smallest absolute Gasteiger partial charge is 0.252 e. The molecule has 126 valence electrons. The van der Waals surface area contributed by atoms with Crippen LogP contribution in [0.1, 0.15) is 40.7 Å². The number of carbonyl (C=O) groups excluding carboxylic acids is 1. The molecule has 2 aliphatic rings. The Balaban J connectivity index is 1.53. The van der Waals surface area contributed by atoms with Crippen LogP contribution in [0.4, 0.5) is 0 Å². The quantitative estimate of drug-likeness (QED) is 0.923. The van der Waals surface area contributed by atoms with Crippen LogP contribution < -0.4 is 5.32 Å². The van der Waals surface area contributed by atoms with Crippen LogP contribution in [0.15, 0.2) is 47.1 Å². The molecule has 24 heavy (non-hydrogen) atoms. The number of aryl methyl sites for hydroxylation is 2. The monoisotopic (exact) mass is 323 g/mol. The standard InChI is InChI=1S/C20H25N3O/c1-15-11-16(2)13-18(12-15)20(24)22-14-23-9-6-17(7-10-23)19-5-3-4-8-21-19/h4,6,8,11-13H,3,5,7,9-10,14H2,1-2H3,(H,22,24). The first-order valence-electron chi connectivity index (χ1n) is 8.62. The second kappa shape index (κ2) is 7.58. The number of nitrogens with zero attached hydrogens (tertiary/aromatic N) is 2. The average Bonchev–Trinajstić information content (AvgIpc) is 2.60. The second-order valence-corrected chi connectivity index (χ2v) is 6.60. The normalized spacial score (nSPS) is 18.1. The third-order valence-corrected chi connectivity index (χ3v) is 4.49. The Hall–Kier alpha value is -2.20. The molecule has 2 aliphatic heterocycles. The van der Waals surface area contributed by atoms with E-state index in [1.807, 2.05) is 32.2 Å².